The van der Waals surface area contributed by atoms with Gasteiger partial charge in [0.05, 0.1) is 26.3 Å². The molecule has 0 aliphatic rings. The number of hydrogen-bond acceptors (Lipinski definition) is 5. The Balaban J connectivity index is 1.64. The number of hydrogen-bond donors (Lipinski definition) is 1. The number of thiophene rings is 1. The number of carbonyl (C=O) groups is 2. The lowest BCUT2D eigenvalue weighted by atomic mass is 10.0. The summed E-state index contributed by atoms with van der Waals surface area (Å²) in [6.45, 7) is 0.230. The highest BCUT2D eigenvalue weighted by Gasteiger charge is 2.34. The van der Waals surface area contributed by atoms with Crippen molar-refractivity contribution in [3.63, 3.8) is 0 Å². The largest absolute Gasteiger partial charge is 0.497 e. The second-order valence-corrected chi connectivity index (χ2v) is 8.88. The average molecular weight is 493 g/mol. The first-order chi connectivity index (χ1) is 17.0. The summed E-state index contributed by atoms with van der Waals surface area (Å²) in [5.74, 6) is -0.166. The number of methoxy groups -OCH3 is 1. The van der Waals surface area contributed by atoms with Gasteiger partial charge in [0.25, 0.3) is 0 Å². The number of benzene rings is 2. The molecule has 35 heavy (non-hydrogen) atoms. The van der Waals surface area contributed by atoms with Crippen LogP contribution in [0.3, 0.4) is 0 Å². The van der Waals surface area contributed by atoms with E-state index in [0.717, 1.165) is 10.4 Å². The third-order valence-corrected chi connectivity index (χ3v) is 6.39. The van der Waals surface area contributed by atoms with Gasteiger partial charge >= 0.3 is 0 Å². The molecule has 0 saturated carbocycles. The Hall–Kier alpha value is -3.91. The number of amides is 2. The van der Waals surface area contributed by atoms with Gasteiger partial charge in [-0.2, -0.15) is 0 Å². The van der Waals surface area contributed by atoms with Gasteiger partial charge in [-0.1, -0.05) is 36.4 Å². The summed E-state index contributed by atoms with van der Waals surface area (Å²) in [4.78, 5) is 29.3. The van der Waals surface area contributed by atoms with Crippen LogP contribution in [0.2, 0.25) is 0 Å². The van der Waals surface area contributed by atoms with Crippen molar-refractivity contribution in [1.29, 1.82) is 0 Å². The number of nitrogens with zero attached hydrogens (tertiary/aromatic N) is 1. The third kappa shape index (κ3) is 6.16. The summed E-state index contributed by atoms with van der Waals surface area (Å²) >= 11 is 1.45. The molecule has 0 aliphatic carbocycles. The lowest BCUT2D eigenvalue weighted by molar-refractivity contribution is -0.141. The lowest BCUT2D eigenvalue weighted by Crippen LogP contribution is -2.44. The van der Waals surface area contributed by atoms with Gasteiger partial charge < -0.3 is 19.4 Å². The Morgan fingerprint density at radius 1 is 1.06 bits per heavy atom. The zero-order chi connectivity index (χ0) is 24.6. The number of rotatable bonds is 10. The molecule has 2 aromatic heterocycles. The molecule has 0 spiro atoms. The van der Waals surface area contributed by atoms with Crippen LogP contribution in [-0.2, 0) is 29.1 Å². The highest BCUT2D eigenvalue weighted by molar-refractivity contribution is 7.10. The molecule has 0 saturated heterocycles. The van der Waals surface area contributed by atoms with E-state index >= 15 is 0 Å². The molecule has 8 heteroatoms. The van der Waals surface area contributed by atoms with Crippen molar-refractivity contribution < 1.29 is 23.1 Å². The van der Waals surface area contributed by atoms with Crippen LogP contribution in [0.5, 0.6) is 5.75 Å². The van der Waals surface area contributed by atoms with Crippen molar-refractivity contribution in [3.05, 3.63) is 112 Å². The minimum absolute atomic E-state index is 0.0200. The molecule has 0 bridgehead atoms. The van der Waals surface area contributed by atoms with Crippen molar-refractivity contribution in [3.8, 4) is 5.75 Å². The number of ether oxygens (including phenoxy) is 1. The first-order valence-corrected chi connectivity index (χ1v) is 11.9. The highest BCUT2D eigenvalue weighted by atomic mass is 32.1. The molecule has 2 heterocycles. The summed E-state index contributed by atoms with van der Waals surface area (Å²) in [6, 6.07) is 19.2. The van der Waals surface area contributed by atoms with Crippen LogP contribution in [-0.4, -0.2) is 23.8 Å². The van der Waals surface area contributed by atoms with Crippen molar-refractivity contribution in [2.45, 2.75) is 25.6 Å². The SMILES string of the molecule is COc1ccc(CNC(=O)[C@H](c2ccccc2F)N(Cc2ccco2)C(=O)Cc2cccs2)cc1. The molecule has 0 unspecified atom stereocenters. The van der Waals surface area contributed by atoms with Gasteiger partial charge in [-0.15, -0.1) is 11.3 Å². The molecule has 2 amide bonds. The van der Waals surface area contributed by atoms with Gasteiger partial charge in [0, 0.05) is 17.0 Å². The van der Waals surface area contributed by atoms with Crippen LogP contribution in [0.1, 0.15) is 27.8 Å². The maximum atomic E-state index is 15.0. The van der Waals surface area contributed by atoms with Gasteiger partial charge in [0.2, 0.25) is 11.8 Å². The molecule has 6 nitrogen and oxygen atoms in total. The fourth-order valence-corrected chi connectivity index (χ4v) is 4.43. The summed E-state index contributed by atoms with van der Waals surface area (Å²) in [6.07, 6.45) is 1.59. The molecule has 1 N–H and O–H groups in total. The predicted octanol–water partition coefficient (Wildman–Crippen LogP) is 5.12. The zero-order valence-electron chi connectivity index (χ0n) is 19.1. The molecular weight excluding hydrogens is 467 g/mol. The molecule has 180 valence electrons. The smallest absolute Gasteiger partial charge is 0.247 e. The van der Waals surface area contributed by atoms with Crippen molar-refractivity contribution in [2.75, 3.05) is 7.11 Å². The van der Waals surface area contributed by atoms with E-state index in [2.05, 4.69) is 5.32 Å². The summed E-state index contributed by atoms with van der Waals surface area (Å²) < 4.78 is 25.6. The van der Waals surface area contributed by atoms with Crippen LogP contribution in [0, 0.1) is 5.82 Å². The van der Waals surface area contributed by atoms with Crippen molar-refractivity contribution >= 4 is 23.2 Å². The van der Waals surface area contributed by atoms with Gasteiger partial charge in [0.1, 0.15) is 23.4 Å². The summed E-state index contributed by atoms with van der Waals surface area (Å²) in [5, 5.41) is 4.75. The van der Waals surface area contributed by atoms with Gasteiger partial charge in [0.15, 0.2) is 0 Å². The van der Waals surface area contributed by atoms with Gasteiger partial charge in [-0.3, -0.25) is 9.59 Å². The molecule has 0 aliphatic heterocycles. The number of nitrogens with one attached hydrogen (secondary N) is 1. The number of carbonyl (C=O) groups excluding carboxylic acids is 2. The fraction of sp³-hybridized carbons (Fsp3) is 0.185. The van der Waals surface area contributed by atoms with E-state index in [-0.39, 0.29) is 31.0 Å². The van der Waals surface area contributed by atoms with Crippen LogP contribution in [0.4, 0.5) is 4.39 Å². The Kier molecular flexibility index (Phi) is 7.95. The molecule has 2 aromatic carbocycles. The molecular formula is C27H25FN2O4S. The summed E-state index contributed by atoms with van der Waals surface area (Å²) in [7, 11) is 1.58. The highest BCUT2D eigenvalue weighted by Crippen LogP contribution is 2.28. The Morgan fingerprint density at radius 3 is 2.51 bits per heavy atom. The predicted molar refractivity (Wildman–Crippen MR) is 131 cm³/mol. The number of halogens is 1. The summed E-state index contributed by atoms with van der Waals surface area (Å²) in [5.41, 5.74) is 0.958. The first kappa shape index (κ1) is 24.2. The monoisotopic (exact) mass is 492 g/mol. The Bertz CT molecular complexity index is 1240. The second kappa shape index (κ2) is 11.5. The van der Waals surface area contributed by atoms with E-state index < -0.39 is 17.8 Å². The van der Waals surface area contributed by atoms with Crippen LogP contribution in [0.15, 0.2) is 88.9 Å². The lowest BCUT2D eigenvalue weighted by Gasteiger charge is -2.31. The maximum Gasteiger partial charge on any atom is 0.247 e. The Labute approximate surface area is 207 Å². The number of furan rings is 1. The molecule has 1 atom stereocenters. The van der Waals surface area contributed by atoms with Crippen molar-refractivity contribution in [1.82, 2.24) is 10.2 Å². The van der Waals surface area contributed by atoms with Crippen LogP contribution >= 0.6 is 11.3 Å². The van der Waals surface area contributed by atoms with E-state index in [1.807, 2.05) is 29.6 Å². The van der Waals surface area contributed by atoms with E-state index in [4.69, 9.17) is 9.15 Å². The molecule has 0 radical (unpaired) electrons. The second-order valence-electron chi connectivity index (χ2n) is 7.85. The zero-order valence-corrected chi connectivity index (χ0v) is 20.0. The topological polar surface area (TPSA) is 71.8 Å². The molecule has 4 rings (SSSR count). The Morgan fingerprint density at radius 2 is 1.86 bits per heavy atom. The first-order valence-electron chi connectivity index (χ1n) is 11.0. The minimum atomic E-state index is -1.19. The van der Waals surface area contributed by atoms with Crippen LogP contribution < -0.4 is 10.1 Å². The molecule has 4 aromatic rings. The van der Waals surface area contributed by atoms with E-state index in [1.165, 1.54) is 34.6 Å². The van der Waals surface area contributed by atoms with E-state index in [9.17, 15) is 14.0 Å². The van der Waals surface area contributed by atoms with Gasteiger partial charge in [-0.05, 0) is 47.3 Å². The quantitative estimate of drug-likeness (QED) is 0.334. The third-order valence-electron chi connectivity index (χ3n) is 5.52. The van der Waals surface area contributed by atoms with E-state index in [1.54, 1.807) is 43.5 Å². The van der Waals surface area contributed by atoms with Gasteiger partial charge in [-0.25, -0.2) is 4.39 Å². The minimum Gasteiger partial charge on any atom is -0.497 e. The maximum absolute atomic E-state index is 15.0. The van der Waals surface area contributed by atoms with E-state index in [0.29, 0.717) is 11.5 Å². The van der Waals surface area contributed by atoms with Crippen LogP contribution in [0.25, 0.3) is 0 Å². The fourth-order valence-electron chi connectivity index (χ4n) is 3.73. The standard InChI is InChI=1S/C27H25FN2O4S/c1-33-20-12-10-19(11-13-20)17-29-27(32)26(23-8-2-3-9-24(23)28)30(18-21-6-4-14-34-21)25(31)16-22-7-5-15-35-22/h2-15,26H,16-18H2,1H3,(H,29,32)/t26-/m0/s1. The normalized spacial score (nSPS) is 11.6. The average Bonchev–Trinajstić information content (AvgIpc) is 3.58. The van der Waals surface area contributed by atoms with Crippen molar-refractivity contribution in [2.24, 2.45) is 0 Å². The molecule has 0 fully saturated rings.